The predicted octanol–water partition coefficient (Wildman–Crippen LogP) is 2.15. The minimum Gasteiger partial charge on any atom is -0.305 e. The molecule has 0 aromatic rings. The van der Waals surface area contributed by atoms with Gasteiger partial charge in [-0.05, 0) is 19.3 Å². The van der Waals surface area contributed by atoms with Gasteiger partial charge >= 0.3 is 0 Å². The Morgan fingerprint density at radius 1 is 1.29 bits per heavy atom. The standard InChI is InChI=1S/C8H16N2O4/c1-7(2,3)6(9-11)8(4,5)14-10(12)13/h6H,1-5H3. The molecule has 0 saturated carbocycles. The topological polar surface area (TPSA) is 81.8 Å². The van der Waals surface area contributed by atoms with Crippen LogP contribution in [0.4, 0.5) is 0 Å². The maximum atomic E-state index is 10.6. The molecular formula is C8H16N2O4. The van der Waals surface area contributed by atoms with Crippen LogP contribution in [0.2, 0.25) is 0 Å². The van der Waals surface area contributed by atoms with Crippen LogP contribution in [0.3, 0.4) is 0 Å². The Hall–Kier alpha value is -1.20. The summed E-state index contributed by atoms with van der Waals surface area (Å²) in [7, 11) is 0. The van der Waals surface area contributed by atoms with Crippen LogP contribution in [-0.4, -0.2) is 16.7 Å². The van der Waals surface area contributed by atoms with Crippen molar-refractivity contribution in [2.75, 3.05) is 0 Å². The average molecular weight is 204 g/mol. The molecule has 0 amide bonds. The summed E-state index contributed by atoms with van der Waals surface area (Å²) in [4.78, 5) is 25.3. The van der Waals surface area contributed by atoms with E-state index in [1.54, 1.807) is 20.8 Å². The number of nitroso groups, excluding NO2 is 1. The Bertz CT molecular complexity index is 232. The molecule has 0 aliphatic heterocycles. The fourth-order valence-corrected chi connectivity index (χ4v) is 1.57. The molecule has 1 unspecified atom stereocenters. The van der Waals surface area contributed by atoms with E-state index in [1.165, 1.54) is 13.8 Å². The zero-order chi connectivity index (χ0) is 11.6. The van der Waals surface area contributed by atoms with Crippen molar-refractivity contribution in [3.8, 4) is 0 Å². The first-order chi connectivity index (χ1) is 6.11. The molecule has 0 bridgehead atoms. The molecule has 0 heterocycles. The highest BCUT2D eigenvalue weighted by Gasteiger charge is 2.42. The summed E-state index contributed by atoms with van der Waals surface area (Å²) in [5, 5.41) is 12.2. The molecule has 14 heavy (non-hydrogen) atoms. The second-order valence-corrected chi connectivity index (χ2v) is 4.79. The van der Waals surface area contributed by atoms with Gasteiger partial charge in [0.1, 0.15) is 11.6 Å². The normalized spacial score (nSPS) is 14.6. The first-order valence-corrected chi connectivity index (χ1v) is 4.27. The zero-order valence-electron chi connectivity index (χ0n) is 9.10. The van der Waals surface area contributed by atoms with Crippen LogP contribution >= 0.6 is 0 Å². The van der Waals surface area contributed by atoms with Gasteiger partial charge < -0.3 is 4.84 Å². The van der Waals surface area contributed by atoms with Crippen molar-refractivity contribution in [1.29, 1.82) is 0 Å². The summed E-state index contributed by atoms with van der Waals surface area (Å²) in [5.74, 6) is 0. The van der Waals surface area contributed by atoms with Gasteiger partial charge in [0.05, 0.1) is 0 Å². The first-order valence-electron chi connectivity index (χ1n) is 4.27. The van der Waals surface area contributed by atoms with E-state index in [2.05, 4.69) is 10.0 Å². The summed E-state index contributed by atoms with van der Waals surface area (Å²) in [6.45, 7) is 8.30. The Kier molecular flexibility index (Phi) is 3.56. The highest BCUT2D eigenvalue weighted by atomic mass is 17.0. The first kappa shape index (κ1) is 12.8. The lowest BCUT2D eigenvalue weighted by molar-refractivity contribution is -0.780. The summed E-state index contributed by atoms with van der Waals surface area (Å²) < 4.78 is 0. The van der Waals surface area contributed by atoms with Crippen molar-refractivity contribution in [2.45, 2.75) is 46.3 Å². The molecule has 6 nitrogen and oxygen atoms in total. The summed E-state index contributed by atoms with van der Waals surface area (Å²) in [6, 6.07) is -0.777. The largest absolute Gasteiger partial charge is 0.305 e. The minimum absolute atomic E-state index is 0.471. The van der Waals surface area contributed by atoms with Gasteiger partial charge in [-0.25, -0.2) is 0 Å². The average Bonchev–Trinajstić information content (AvgIpc) is 1.79. The molecule has 0 aliphatic carbocycles. The van der Waals surface area contributed by atoms with Gasteiger partial charge in [-0.15, -0.1) is 10.1 Å². The van der Waals surface area contributed by atoms with Crippen LogP contribution in [0, 0.1) is 20.4 Å². The molecule has 0 rings (SSSR count). The molecule has 6 heteroatoms. The molecule has 0 aliphatic rings. The van der Waals surface area contributed by atoms with Gasteiger partial charge in [0.2, 0.25) is 0 Å². The predicted molar refractivity (Wildman–Crippen MR) is 51.2 cm³/mol. The maximum Gasteiger partial charge on any atom is 0.295 e. The van der Waals surface area contributed by atoms with Gasteiger partial charge in [-0.3, -0.25) is 0 Å². The number of hydrogen-bond donors (Lipinski definition) is 0. The fourth-order valence-electron chi connectivity index (χ4n) is 1.57. The molecule has 82 valence electrons. The molecular weight excluding hydrogens is 188 g/mol. The molecule has 0 N–H and O–H groups in total. The molecule has 0 radical (unpaired) electrons. The van der Waals surface area contributed by atoms with Crippen molar-refractivity contribution in [3.05, 3.63) is 15.0 Å². The van der Waals surface area contributed by atoms with Gasteiger partial charge in [0.15, 0.2) is 0 Å². The van der Waals surface area contributed by atoms with Crippen LogP contribution in [0.15, 0.2) is 5.18 Å². The van der Waals surface area contributed by atoms with Crippen molar-refractivity contribution in [2.24, 2.45) is 10.6 Å². The van der Waals surface area contributed by atoms with Gasteiger partial charge in [0.25, 0.3) is 5.09 Å². The molecule has 0 spiro atoms. The molecule has 0 fully saturated rings. The fraction of sp³-hybridized carbons (Fsp3) is 1.00. The van der Waals surface area contributed by atoms with E-state index in [0.29, 0.717) is 0 Å². The third kappa shape index (κ3) is 3.27. The quantitative estimate of drug-likeness (QED) is 0.399. The van der Waals surface area contributed by atoms with Crippen LogP contribution in [0.5, 0.6) is 0 Å². The van der Waals surface area contributed by atoms with Gasteiger partial charge in [-0.2, -0.15) is 4.91 Å². The monoisotopic (exact) mass is 204 g/mol. The van der Waals surface area contributed by atoms with Gasteiger partial charge in [-0.1, -0.05) is 25.9 Å². The van der Waals surface area contributed by atoms with Crippen LogP contribution in [0.25, 0.3) is 0 Å². The molecule has 0 saturated heterocycles. The summed E-state index contributed by atoms with van der Waals surface area (Å²) in [6.07, 6.45) is 0. The van der Waals surface area contributed by atoms with E-state index in [1.807, 2.05) is 0 Å². The highest BCUT2D eigenvalue weighted by molar-refractivity contribution is 4.93. The number of rotatable bonds is 4. The lowest BCUT2D eigenvalue weighted by Crippen LogP contribution is -2.46. The van der Waals surface area contributed by atoms with Crippen LogP contribution in [0.1, 0.15) is 34.6 Å². The van der Waals surface area contributed by atoms with E-state index in [9.17, 15) is 15.0 Å². The van der Waals surface area contributed by atoms with Crippen molar-refractivity contribution in [3.63, 3.8) is 0 Å². The van der Waals surface area contributed by atoms with Crippen LogP contribution < -0.4 is 0 Å². The van der Waals surface area contributed by atoms with E-state index < -0.39 is 22.1 Å². The number of nitrogens with zero attached hydrogens (tertiary/aromatic N) is 2. The van der Waals surface area contributed by atoms with Crippen molar-refractivity contribution >= 4 is 0 Å². The van der Waals surface area contributed by atoms with E-state index in [-0.39, 0.29) is 0 Å². The minimum atomic E-state index is -1.20. The lowest BCUT2D eigenvalue weighted by Gasteiger charge is -2.35. The second-order valence-electron chi connectivity index (χ2n) is 4.79. The summed E-state index contributed by atoms with van der Waals surface area (Å²) in [5.41, 5.74) is -1.68. The smallest absolute Gasteiger partial charge is 0.295 e. The third-order valence-electron chi connectivity index (χ3n) is 1.89. The SMILES string of the molecule is CC(C)(C)C(N=O)C(C)(C)O[N+](=O)[O-]. The molecule has 1 atom stereocenters. The molecule has 0 aromatic heterocycles. The maximum absolute atomic E-state index is 10.6. The zero-order valence-corrected chi connectivity index (χ0v) is 9.10. The highest BCUT2D eigenvalue weighted by Crippen LogP contribution is 2.32. The molecule has 0 aromatic carbocycles. The van der Waals surface area contributed by atoms with E-state index in [0.717, 1.165) is 0 Å². The van der Waals surface area contributed by atoms with Crippen LogP contribution in [-0.2, 0) is 4.84 Å². The van der Waals surface area contributed by atoms with E-state index in [4.69, 9.17) is 0 Å². The van der Waals surface area contributed by atoms with Crippen molar-refractivity contribution in [1.82, 2.24) is 0 Å². The Labute approximate surface area is 82.7 Å². The summed E-state index contributed by atoms with van der Waals surface area (Å²) >= 11 is 0. The number of hydrogen-bond acceptors (Lipinski definition) is 5. The van der Waals surface area contributed by atoms with Crippen molar-refractivity contribution < 1.29 is 9.92 Å². The Balaban J connectivity index is 4.83. The van der Waals surface area contributed by atoms with Gasteiger partial charge in [0, 0.05) is 0 Å². The van der Waals surface area contributed by atoms with E-state index >= 15 is 0 Å². The Morgan fingerprint density at radius 3 is 1.93 bits per heavy atom. The second kappa shape index (κ2) is 3.89. The Morgan fingerprint density at radius 2 is 1.71 bits per heavy atom. The lowest BCUT2D eigenvalue weighted by atomic mass is 9.78. The third-order valence-corrected chi connectivity index (χ3v) is 1.89.